The van der Waals surface area contributed by atoms with Crippen LogP contribution in [0.3, 0.4) is 0 Å². The van der Waals surface area contributed by atoms with Crippen LogP contribution in [0.5, 0.6) is 0 Å². The van der Waals surface area contributed by atoms with E-state index in [0.29, 0.717) is 5.02 Å². The standard InChI is InChI=1S/C12H18ClN3O2/c13-11-9-10(16(17)18)5-6-12(11)15-8-4-2-1-3-7-14/h5-6,9,15H,1-4,7-8,14H2/p+1. The average molecular weight is 273 g/mol. The molecule has 1 rings (SSSR count). The average Bonchev–Trinajstić information content (AvgIpc) is 2.35. The van der Waals surface area contributed by atoms with Crippen LogP contribution in [0, 0.1) is 10.1 Å². The Kier molecular flexibility index (Phi) is 6.46. The maximum Gasteiger partial charge on any atom is 0.271 e. The highest BCUT2D eigenvalue weighted by atomic mass is 35.5. The second-order valence-corrected chi connectivity index (χ2v) is 4.52. The molecule has 4 N–H and O–H groups in total. The Balaban J connectivity index is 2.36. The molecule has 0 saturated carbocycles. The minimum absolute atomic E-state index is 0.0148. The number of nitrogens with one attached hydrogen (secondary N) is 1. The quantitative estimate of drug-likeness (QED) is 0.433. The molecule has 0 saturated heterocycles. The number of anilines is 1. The zero-order valence-electron chi connectivity index (χ0n) is 10.3. The van der Waals surface area contributed by atoms with E-state index in [2.05, 4.69) is 11.1 Å². The van der Waals surface area contributed by atoms with Gasteiger partial charge in [-0.3, -0.25) is 10.1 Å². The van der Waals surface area contributed by atoms with Crippen LogP contribution in [-0.4, -0.2) is 18.0 Å². The zero-order chi connectivity index (χ0) is 13.4. The maximum atomic E-state index is 10.5. The van der Waals surface area contributed by atoms with Crippen LogP contribution in [0.25, 0.3) is 0 Å². The van der Waals surface area contributed by atoms with Crippen molar-refractivity contribution in [2.75, 3.05) is 18.4 Å². The Hall–Kier alpha value is -1.33. The molecule has 0 unspecified atom stereocenters. The Labute approximate surface area is 111 Å². The van der Waals surface area contributed by atoms with Gasteiger partial charge < -0.3 is 11.1 Å². The Morgan fingerprint density at radius 1 is 1.28 bits per heavy atom. The minimum Gasteiger partial charge on any atom is -0.384 e. The summed E-state index contributed by atoms with van der Waals surface area (Å²) in [6.45, 7) is 1.82. The first-order valence-corrected chi connectivity index (χ1v) is 6.50. The number of benzene rings is 1. The third kappa shape index (κ3) is 4.89. The van der Waals surface area contributed by atoms with Gasteiger partial charge >= 0.3 is 0 Å². The molecule has 0 atom stereocenters. The lowest BCUT2D eigenvalue weighted by Gasteiger charge is -2.07. The second-order valence-electron chi connectivity index (χ2n) is 4.12. The van der Waals surface area contributed by atoms with E-state index in [9.17, 15) is 10.1 Å². The lowest BCUT2D eigenvalue weighted by Crippen LogP contribution is -2.50. The van der Waals surface area contributed by atoms with Crippen molar-refractivity contribution in [3.05, 3.63) is 33.3 Å². The van der Waals surface area contributed by atoms with Crippen molar-refractivity contribution in [3.63, 3.8) is 0 Å². The first-order chi connectivity index (χ1) is 8.65. The van der Waals surface area contributed by atoms with Gasteiger partial charge in [0, 0.05) is 18.7 Å². The predicted octanol–water partition coefficient (Wildman–Crippen LogP) is 2.46. The van der Waals surface area contributed by atoms with Crippen molar-refractivity contribution in [1.29, 1.82) is 0 Å². The summed E-state index contributed by atoms with van der Waals surface area (Å²) in [5.74, 6) is 0. The zero-order valence-corrected chi connectivity index (χ0v) is 11.1. The topological polar surface area (TPSA) is 82.8 Å². The second kappa shape index (κ2) is 7.89. The highest BCUT2D eigenvalue weighted by molar-refractivity contribution is 6.33. The molecular weight excluding hydrogens is 254 g/mol. The Morgan fingerprint density at radius 2 is 2.00 bits per heavy atom. The fraction of sp³-hybridized carbons (Fsp3) is 0.500. The monoisotopic (exact) mass is 272 g/mol. The molecule has 0 heterocycles. The van der Waals surface area contributed by atoms with Crippen LogP contribution in [0.1, 0.15) is 25.7 Å². The van der Waals surface area contributed by atoms with E-state index < -0.39 is 4.92 Å². The van der Waals surface area contributed by atoms with Gasteiger partial charge in [-0.15, -0.1) is 0 Å². The molecule has 5 nitrogen and oxygen atoms in total. The van der Waals surface area contributed by atoms with Gasteiger partial charge in [-0.25, -0.2) is 0 Å². The van der Waals surface area contributed by atoms with E-state index in [1.54, 1.807) is 6.07 Å². The first kappa shape index (κ1) is 14.7. The number of quaternary nitrogens is 1. The Bertz CT molecular complexity index is 399. The lowest BCUT2D eigenvalue weighted by molar-refractivity contribution is -0.384. The largest absolute Gasteiger partial charge is 0.384 e. The molecule has 1 aromatic rings. The summed E-state index contributed by atoms with van der Waals surface area (Å²) in [4.78, 5) is 10.1. The van der Waals surface area contributed by atoms with Crippen molar-refractivity contribution in [2.24, 2.45) is 0 Å². The number of hydrogen-bond donors (Lipinski definition) is 2. The van der Waals surface area contributed by atoms with Crippen molar-refractivity contribution in [3.8, 4) is 0 Å². The van der Waals surface area contributed by atoms with Crippen LogP contribution >= 0.6 is 11.6 Å². The summed E-state index contributed by atoms with van der Waals surface area (Å²) < 4.78 is 0. The summed E-state index contributed by atoms with van der Waals surface area (Å²) in [6.07, 6.45) is 4.58. The van der Waals surface area contributed by atoms with Crippen molar-refractivity contribution >= 4 is 23.0 Å². The van der Waals surface area contributed by atoms with Crippen molar-refractivity contribution in [1.82, 2.24) is 0 Å². The van der Waals surface area contributed by atoms with Crippen LogP contribution in [0.15, 0.2) is 18.2 Å². The van der Waals surface area contributed by atoms with Gasteiger partial charge in [-0.2, -0.15) is 0 Å². The number of rotatable bonds is 8. The molecule has 18 heavy (non-hydrogen) atoms. The number of nitro benzene ring substituents is 1. The number of nitrogens with zero attached hydrogens (tertiary/aromatic N) is 1. The Morgan fingerprint density at radius 3 is 2.61 bits per heavy atom. The summed E-state index contributed by atoms with van der Waals surface area (Å²) in [6, 6.07) is 4.47. The van der Waals surface area contributed by atoms with Gasteiger partial charge in [0.2, 0.25) is 0 Å². The van der Waals surface area contributed by atoms with Crippen molar-refractivity contribution < 1.29 is 10.7 Å². The highest BCUT2D eigenvalue weighted by Gasteiger charge is 2.08. The number of nitro groups is 1. The van der Waals surface area contributed by atoms with E-state index in [-0.39, 0.29) is 5.69 Å². The van der Waals surface area contributed by atoms with E-state index in [4.69, 9.17) is 11.6 Å². The number of non-ortho nitro benzene ring substituents is 1. The lowest BCUT2D eigenvalue weighted by atomic mass is 10.2. The molecule has 0 aliphatic heterocycles. The number of hydrogen-bond acceptors (Lipinski definition) is 3. The summed E-state index contributed by atoms with van der Waals surface area (Å²) in [7, 11) is 0. The molecule has 0 aliphatic carbocycles. The number of halogens is 1. The van der Waals surface area contributed by atoms with Crippen LogP contribution in [0.2, 0.25) is 5.02 Å². The predicted molar refractivity (Wildman–Crippen MR) is 72.8 cm³/mol. The summed E-state index contributed by atoms with van der Waals surface area (Å²) in [5.41, 5.74) is 4.56. The fourth-order valence-electron chi connectivity index (χ4n) is 1.64. The molecule has 1 aromatic carbocycles. The molecular formula is C12H19ClN3O2+. The third-order valence-electron chi connectivity index (χ3n) is 2.66. The minimum atomic E-state index is -0.450. The smallest absolute Gasteiger partial charge is 0.271 e. The van der Waals surface area contributed by atoms with E-state index in [1.165, 1.54) is 18.6 Å². The first-order valence-electron chi connectivity index (χ1n) is 6.12. The molecule has 0 aliphatic rings. The maximum absolute atomic E-state index is 10.5. The molecule has 0 bridgehead atoms. The summed E-state index contributed by atoms with van der Waals surface area (Å²) in [5, 5.41) is 14.1. The van der Waals surface area contributed by atoms with Gasteiger partial charge in [0.15, 0.2) is 0 Å². The molecule has 0 radical (unpaired) electrons. The normalized spacial score (nSPS) is 10.3. The van der Waals surface area contributed by atoms with Gasteiger partial charge in [0.1, 0.15) is 0 Å². The van der Waals surface area contributed by atoms with Crippen LogP contribution in [-0.2, 0) is 0 Å². The van der Waals surface area contributed by atoms with Gasteiger partial charge in [-0.05, 0) is 25.3 Å². The summed E-state index contributed by atoms with van der Waals surface area (Å²) >= 11 is 5.96. The van der Waals surface area contributed by atoms with E-state index in [1.807, 2.05) is 0 Å². The number of unbranched alkanes of at least 4 members (excludes halogenated alkanes) is 3. The van der Waals surface area contributed by atoms with Crippen LogP contribution < -0.4 is 11.1 Å². The SMILES string of the molecule is [NH3+]CCCCCCNc1ccc([N+](=O)[O-])cc1Cl. The molecule has 0 amide bonds. The van der Waals surface area contributed by atoms with Gasteiger partial charge in [-0.1, -0.05) is 18.0 Å². The van der Waals surface area contributed by atoms with E-state index in [0.717, 1.165) is 38.0 Å². The van der Waals surface area contributed by atoms with Crippen LogP contribution in [0.4, 0.5) is 11.4 Å². The van der Waals surface area contributed by atoms with Gasteiger partial charge in [0.05, 0.1) is 22.2 Å². The van der Waals surface area contributed by atoms with E-state index >= 15 is 0 Å². The fourth-order valence-corrected chi connectivity index (χ4v) is 1.88. The molecule has 0 fully saturated rings. The third-order valence-corrected chi connectivity index (χ3v) is 2.97. The van der Waals surface area contributed by atoms with Gasteiger partial charge in [0.25, 0.3) is 5.69 Å². The molecule has 100 valence electrons. The highest BCUT2D eigenvalue weighted by Crippen LogP contribution is 2.26. The molecule has 0 spiro atoms. The molecule has 0 aromatic heterocycles. The van der Waals surface area contributed by atoms with Crippen molar-refractivity contribution in [2.45, 2.75) is 25.7 Å². The molecule has 6 heteroatoms.